The number of carbonyl (C=O) groups is 1. The predicted octanol–water partition coefficient (Wildman–Crippen LogP) is 4.10. The second kappa shape index (κ2) is 7.85. The molecule has 0 spiro atoms. The molecule has 3 aromatic rings. The summed E-state index contributed by atoms with van der Waals surface area (Å²) in [6.45, 7) is 0.192. The highest BCUT2D eigenvalue weighted by Crippen LogP contribution is 2.39. The van der Waals surface area contributed by atoms with E-state index in [2.05, 4.69) is 6.07 Å². The van der Waals surface area contributed by atoms with Crippen LogP contribution in [0.4, 0.5) is 5.69 Å². The zero-order valence-electron chi connectivity index (χ0n) is 15.1. The SMILES string of the molecule is N#Cc1ccccc1OCC(=O)N1c2ccccc2OC[C@H]1c1ccccc1. The largest absolute Gasteiger partial charge is 0.489 e. The summed E-state index contributed by atoms with van der Waals surface area (Å²) in [5.41, 5.74) is 2.10. The minimum Gasteiger partial charge on any atom is -0.489 e. The number of ether oxygens (including phenoxy) is 2. The maximum absolute atomic E-state index is 13.2. The van der Waals surface area contributed by atoms with Crippen molar-refractivity contribution in [3.63, 3.8) is 0 Å². The number of nitriles is 1. The highest BCUT2D eigenvalue weighted by atomic mass is 16.5. The molecule has 5 nitrogen and oxygen atoms in total. The number of amides is 1. The number of para-hydroxylation sites is 3. The lowest BCUT2D eigenvalue weighted by Gasteiger charge is -2.37. The van der Waals surface area contributed by atoms with E-state index in [4.69, 9.17) is 9.47 Å². The third kappa shape index (κ3) is 3.40. The molecule has 0 saturated carbocycles. The molecule has 0 aliphatic carbocycles. The van der Waals surface area contributed by atoms with Crippen molar-refractivity contribution in [1.82, 2.24) is 0 Å². The van der Waals surface area contributed by atoms with Crippen molar-refractivity contribution in [2.45, 2.75) is 6.04 Å². The van der Waals surface area contributed by atoms with E-state index in [1.54, 1.807) is 29.2 Å². The van der Waals surface area contributed by atoms with Crippen LogP contribution in [0.1, 0.15) is 17.2 Å². The molecular formula is C23H18N2O3. The van der Waals surface area contributed by atoms with Crippen molar-refractivity contribution in [3.05, 3.63) is 90.0 Å². The topological polar surface area (TPSA) is 62.6 Å². The van der Waals surface area contributed by atoms with Crippen molar-refractivity contribution in [2.75, 3.05) is 18.1 Å². The molecule has 138 valence electrons. The lowest BCUT2D eigenvalue weighted by molar-refractivity contribution is -0.121. The number of hydrogen-bond donors (Lipinski definition) is 0. The summed E-state index contributed by atoms with van der Waals surface area (Å²) < 4.78 is 11.6. The van der Waals surface area contributed by atoms with E-state index < -0.39 is 0 Å². The molecule has 0 radical (unpaired) electrons. The van der Waals surface area contributed by atoms with Crippen LogP contribution in [0.3, 0.4) is 0 Å². The smallest absolute Gasteiger partial charge is 0.265 e. The molecule has 3 aromatic carbocycles. The second-order valence-electron chi connectivity index (χ2n) is 6.37. The lowest BCUT2D eigenvalue weighted by atomic mass is 10.0. The first-order valence-corrected chi connectivity index (χ1v) is 8.98. The van der Waals surface area contributed by atoms with Crippen molar-refractivity contribution in [1.29, 1.82) is 5.26 Å². The van der Waals surface area contributed by atoms with Crippen LogP contribution in [0.2, 0.25) is 0 Å². The molecule has 0 N–H and O–H groups in total. The number of fused-ring (bicyclic) bond motifs is 1. The number of carbonyl (C=O) groups excluding carboxylic acids is 1. The Morgan fingerprint density at radius 3 is 2.57 bits per heavy atom. The van der Waals surface area contributed by atoms with Crippen LogP contribution < -0.4 is 14.4 Å². The molecule has 1 amide bonds. The fourth-order valence-corrected chi connectivity index (χ4v) is 3.31. The van der Waals surface area contributed by atoms with E-state index in [-0.39, 0.29) is 18.6 Å². The molecule has 0 bridgehead atoms. The Balaban J connectivity index is 1.63. The summed E-state index contributed by atoms with van der Waals surface area (Å²) in [4.78, 5) is 14.9. The molecule has 0 unspecified atom stereocenters. The Morgan fingerprint density at radius 2 is 1.75 bits per heavy atom. The predicted molar refractivity (Wildman–Crippen MR) is 105 cm³/mol. The quantitative estimate of drug-likeness (QED) is 0.694. The van der Waals surface area contributed by atoms with Gasteiger partial charge in [-0.15, -0.1) is 0 Å². The van der Waals surface area contributed by atoms with E-state index in [0.717, 1.165) is 5.56 Å². The van der Waals surface area contributed by atoms with Gasteiger partial charge in [0, 0.05) is 0 Å². The minimum absolute atomic E-state index is 0.170. The van der Waals surface area contributed by atoms with Crippen molar-refractivity contribution in [3.8, 4) is 17.6 Å². The summed E-state index contributed by atoms with van der Waals surface area (Å²) in [5.74, 6) is 0.869. The lowest BCUT2D eigenvalue weighted by Crippen LogP contribution is -2.43. The fourth-order valence-electron chi connectivity index (χ4n) is 3.31. The van der Waals surface area contributed by atoms with Gasteiger partial charge in [0.1, 0.15) is 24.2 Å². The standard InChI is InChI=1S/C23H18N2O3/c24-14-18-10-4-6-12-21(18)28-16-23(26)25-19-11-5-7-13-22(19)27-15-20(25)17-8-2-1-3-9-17/h1-13,20H,15-16H2/t20-/m0/s1. The van der Waals surface area contributed by atoms with Crippen molar-refractivity contribution < 1.29 is 14.3 Å². The molecule has 1 atom stereocenters. The van der Waals surface area contributed by atoms with Crippen LogP contribution in [-0.4, -0.2) is 19.1 Å². The summed E-state index contributed by atoms with van der Waals surface area (Å²) in [6.07, 6.45) is 0. The van der Waals surface area contributed by atoms with Crippen molar-refractivity contribution >= 4 is 11.6 Å². The number of anilines is 1. The first-order valence-electron chi connectivity index (χ1n) is 8.98. The zero-order chi connectivity index (χ0) is 19.3. The molecule has 5 heteroatoms. The first kappa shape index (κ1) is 17.6. The minimum atomic E-state index is -0.251. The van der Waals surface area contributed by atoms with E-state index >= 15 is 0 Å². The average Bonchev–Trinajstić information content (AvgIpc) is 2.77. The van der Waals surface area contributed by atoms with Gasteiger partial charge in [-0.05, 0) is 29.8 Å². The summed E-state index contributed by atoms with van der Waals surface area (Å²) >= 11 is 0. The van der Waals surface area contributed by atoms with Crippen LogP contribution in [0.15, 0.2) is 78.9 Å². The van der Waals surface area contributed by atoms with Crippen LogP contribution in [0.25, 0.3) is 0 Å². The number of hydrogen-bond acceptors (Lipinski definition) is 4. The second-order valence-corrected chi connectivity index (χ2v) is 6.37. The molecule has 28 heavy (non-hydrogen) atoms. The number of rotatable bonds is 4. The normalized spacial score (nSPS) is 15.1. The van der Waals surface area contributed by atoms with Gasteiger partial charge in [-0.1, -0.05) is 54.6 Å². The third-order valence-corrected chi connectivity index (χ3v) is 4.64. The van der Waals surface area contributed by atoms with Crippen LogP contribution in [-0.2, 0) is 4.79 Å². The summed E-state index contributed by atoms with van der Waals surface area (Å²) in [7, 11) is 0. The van der Waals surface area contributed by atoms with Gasteiger partial charge < -0.3 is 9.47 Å². The average molecular weight is 370 g/mol. The van der Waals surface area contributed by atoms with E-state index in [1.165, 1.54) is 0 Å². The molecule has 1 aliphatic rings. The highest BCUT2D eigenvalue weighted by Gasteiger charge is 2.33. The van der Waals surface area contributed by atoms with Gasteiger partial charge in [-0.2, -0.15) is 5.26 Å². The van der Waals surface area contributed by atoms with Crippen molar-refractivity contribution in [2.24, 2.45) is 0 Å². The number of benzene rings is 3. The van der Waals surface area contributed by atoms with Gasteiger partial charge in [0.25, 0.3) is 5.91 Å². The number of nitrogens with zero attached hydrogens (tertiary/aromatic N) is 2. The van der Waals surface area contributed by atoms with E-state index in [9.17, 15) is 10.1 Å². The van der Waals surface area contributed by atoms with E-state index in [1.807, 2.05) is 54.6 Å². The van der Waals surface area contributed by atoms with Gasteiger partial charge in [0.05, 0.1) is 17.3 Å². The Morgan fingerprint density at radius 1 is 1.04 bits per heavy atom. The van der Waals surface area contributed by atoms with Gasteiger partial charge in [-0.25, -0.2) is 0 Å². The van der Waals surface area contributed by atoms with E-state index in [0.29, 0.717) is 29.4 Å². The monoisotopic (exact) mass is 370 g/mol. The first-order chi connectivity index (χ1) is 13.8. The van der Waals surface area contributed by atoms with Gasteiger partial charge in [-0.3, -0.25) is 9.69 Å². The van der Waals surface area contributed by atoms with Crippen LogP contribution in [0, 0.1) is 11.3 Å². The molecule has 0 saturated heterocycles. The molecule has 1 aliphatic heterocycles. The Hall–Kier alpha value is -3.78. The highest BCUT2D eigenvalue weighted by molar-refractivity contribution is 5.97. The maximum Gasteiger partial charge on any atom is 0.265 e. The molecule has 1 heterocycles. The zero-order valence-corrected chi connectivity index (χ0v) is 15.1. The Bertz CT molecular complexity index is 1030. The third-order valence-electron chi connectivity index (χ3n) is 4.64. The molecule has 0 aromatic heterocycles. The summed E-state index contributed by atoms with van der Waals surface area (Å²) in [5, 5.41) is 9.21. The Kier molecular flexibility index (Phi) is 4.94. The van der Waals surface area contributed by atoms with Crippen LogP contribution in [0.5, 0.6) is 11.5 Å². The van der Waals surface area contributed by atoms with Gasteiger partial charge in [0.2, 0.25) is 0 Å². The Labute approximate surface area is 163 Å². The molecule has 0 fully saturated rings. The maximum atomic E-state index is 13.2. The summed E-state index contributed by atoms with van der Waals surface area (Å²) in [6, 6.07) is 26.0. The fraction of sp³-hybridized carbons (Fsp3) is 0.130. The van der Waals surface area contributed by atoms with Gasteiger partial charge in [0.15, 0.2) is 6.61 Å². The molecular weight excluding hydrogens is 352 g/mol. The van der Waals surface area contributed by atoms with Gasteiger partial charge >= 0.3 is 0 Å². The van der Waals surface area contributed by atoms with Crippen LogP contribution >= 0.6 is 0 Å². The molecule has 4 rings (SSSR count).